The zero-order chi connectivity index (χ0) is 17.4. The van der Waals surface area contributed by atoms with Gasteiger partial charge in [-0.15, -0.1) is 24.8 Å². The van der Waals surface area contributed by atoms with Crippen molar-refractivity contribution in [1.29, 1.82) is 0 Å². The molecule has 3 aliphatic heterocycles. The minimum atomic E-state index is -0.511. The van der Waals surface area contributed by atoms with Crippen LogP contribution in [-0.4, -0.2) is 48.7 Å². The Hall–Kier alpha value is -0.850. The first-order valence-corrected chi connectivity index (χ1v) is 9.49. The standard InChI is InChI=1S/C20H28N2O3.2ClH/c1-14-15(2-3-16-17(14)13-25-19(16)24)18(23)12-22-10-6-20(7-11-22)4-8-21-9-5-20;;/h2-3,18,21,23H,4-13H2,1H3;2*1H. The Kier molecular flexibility index (Phi) is 7.56. The molecule has 7 heteroatoms. The number of rotatable bonds is 3. The van der Waals surface area contributed by atoms with Crippen molar-refractivity contribution in [2.24, 2.45) is 5.41 Å². The molecule has 1 unspecified atom stereocenters. The zero-order valence-electron chi connectivity index (χ0n) is 15.8. The summed E-state index contributed by atoms with van der Waals surface area (Å²) in [6, 6.07) is 3.69. The number of carbonyl (C=O) groups is 1. The van der Waals surface area contributed by atoms with Crippen LogP contribution in [-0.2, 0) is 11.3 Å². The average Bonchev–Trinajstić information content (AvgIpc) is 3.00. The number of likely N-dealkylation sites (tertiary alicyclic amines) is 1. The lowest BCUT2D eigenvalue weighted by atomic mass is 9.71. The largest absolute Gasteiger partial charge is 0.457 e. The number of halogens is 2. The van der Waals surface area contributed by atoms with Crippen molar-refractivity contribution in [2.75, 3.05) is 32.7 Å². The van der Waals surface area contributed by atoms with Crippen molar-refractivity contribution >= 4 is 30.8 Å². The van der Waals surface area contributed by atoms with E-state index in [9.17, 15) is 9.90 Å². The Morgan fingerprint density at radius 1 is 1.19 bits per heavy atom. The van der Waals surface area contributed by atoms with Gasteiger partial charge in [-0.25, -0.2) is 4.79 Å². The average molecular weight is 417 g/mol. The molecule has 1 atom stereocenters. The van der Waals surface area contributed by atoms with E-state index in [1.54, 1.807) is 6.07 Å². The first-order valence-electron chi connectivity index (χ1n) is 9.49. The van der Waals surface area contributed by atoms with Crippen LogP contribution >= 0.6 is 24.8 Å². The van der Waals surface area contributed by atoms with E-state index in [0.717, 1.165) is 42.9 Å². The fourth-order valence-electron chi connectivity index (χ4n) is 4.74. The van der Waals surface area contributed by atoms with Crippen LogP contribution < -0.4 is 5.32 Å². The molecule has 2 saturated heterocycles. The molecule has 0 bridgehead atoms. The molecular formula is C20H30Cl2N2O3. The van der Waals surface area contributed by atoms with Crippen molar-refractivity contribution in [1.82, 2.24) is 10.2 Å². The van der Waals surface area contributed by atoms with Gasteiger partial charge in [0, 0.05) is 12.1 Å². The number of aliphatic hydroxyl groups is 1. The summed E-state index contributed by atoms with van der Waals surface area (Å²) >= 11 is 0. The van der Waals surface area contributed by atoms with E-state index in [2.05, 4.69) is 10.2 Å². The number of benzene rings is 1. The fraction of sp³-hybridized carbons (Fsp3) is 0.650. The Balaban J connectivity index is 0.00000131. The highest BCUT2D eigenvalue weighted by atomic mass is 35.5. The fourth-order valence-corrected chi connectivity index (χ4v) is 4.74. The summed E-state index contributed by atoms with van der Waals surface area (Å²) in [6.07, 6.45) is 4.56. The van der Waals surface area contributed by atoms with Crippen molar-refractivity contribution < 1.29 is 14.6 Å². The lowest BCUT2D eigenvalue weighted by Crippen LogP contribution is -2.46. The molecule has 0 aliphatic carbocycles. The summed E-state index contributed by atoms with van der Waals surface area (Å²) in [5, 5.41) is 14.2. The van der Waals surface area contributed by atoms with Gasteiger partial charge >= 0.3 is 5.97 Å². The Bertz CT molecular complexity index is 667. The first kappa shape index (κ1) is 22.4. The van der Waals surface area contributed by atoms with Gasteiger partial charge in [-0.3, -0.25) is 0 Å². The second-order valence-corrected chi connectivity index (χ2v) is 7.95. The molecule has 0 radical (unpaired) electrons. The van der Waals surface area contributed by atoms with E-state index >= 15 is 0 Å². The summed E-state index contributed by atoms with van der Waals surface area (Å²) in [6.45, 7) is 7.43. The van der Waals surface area contributed by atoms with E-state index in [-0.39, 0.29) is 30.8 Å². The van der Waals surface area contributed by atoms with Crippen molar-refractivity contribution in [2.45, 2.75) is 45.3 Å². The van der Waals surface area contributed by atoms with E-state index in [1.165, 1.54) is 25.7 Å². The smallest absolute Gasteiger partial charge is 0.338 e. The Labute approximate surface area is 173 Å². The molecule has 2 fully saturated rings. The SMILES string of the molecule is Cc1c(C(O)CN2CCC3(CCNCC3)CC2)ccc2c1COC2=O.Cl.Cl. The third-order valence-electron chi connectivity index (χ3n) is 6.58. The van der Waals surface area contributed by atoms with Gasteiger partial charge in [-0.1, -0.05) is 6.07 Å². The third-order valence-corrected chi connectivity index (χ3v) is 6.58. The topological polar surface area (TPSA) is 61.8 Å². The third kappa shape index (κ3) is 4.43. The number of cyclic esters (lactones) is 1. The van der Waals surface area contributed by atoms with E-state index in [1.807, 2.05) is 13.0 Å². The normalized spacial score (nSPS) is 22.4. The molecule has 27 heavy (non-hydrogen) atoms. The second-order valence-electron chi connectivity index (χ2n) is 7.95. The predicted molar refractivity (Wildman–Crippen MR) is 110 cm³/mol. The molecule has 1 aromatic rings. The predicted octanol–water partition coefficient (Wildman–Crippen LogP) is 3.01. The molecule has 0 aromatic heterocycles. The van der Waals surface area contributed by atoms with E-state index in [0.29, 0.717) is 24.1 Å². The van der Waals surface area contributed by atoms with Gasteiger partial charge in [0.1, 0.15) is 6.61 Å². The van der Waals surface area contributed by atoms with Crippen LogP contribution in [0.3, 0.4) is 0 Å². The van der Waals surface area contributed by atoms with Gasteiger partial charge in [0.2, 0.25) is 0 Å². The molecular weight excluding hydrogens is 387 g/mol. The summed E-state index contributed by atoms with van der Waals surface area (Å²) in [7, 11) is 0. The number of esters is 1. The van der Waals surface area contributed by atoms with Crippen LogP contribution in [0.2, 0.25) is 0 Å². The van der Waals surface area contributed by atoms with E-state index in [4.69, 9.17) is 4.74 Å². The molecule has 3 heterocycles. The number of β-amino-alcohol motifs (C(OH)–C–C–N with tert-alkyl or cyclic N) is 1. The van der Waals surface area contributed by atoms with Gasteiger partial charge in [0.25, 0.3) is 0 Å². The molecule has 0 saturated carbocycles. The summed E-state index contributed by atoms with van der Waals surface area (Å²) < 4.78 is 5.12. The highest BCUT2D eigenvalue weighted by Gasteiger charge is 2.36. The first-order chi connectivity index (χ1) is 12.1. The maximum Gasteiger partial charge on any atom is 0.338 e. The molecule has 1 aromatic carbocycles. The number of hydrogen-bond donors (Lipinski definition) is 2. The Morgan fingerprint density at radius 3 is 2.52 bits per heavy atom. The maximum atomic E-state index is 11.7. The lowest BCUT2D eigenvalue weighted by Gasteiger charge is -2.44. The van der Waals surface area contributed by atoms with Crippen LogP contribution in [0.25, 0.3) is 0 Å². The molecule has 5 nitrogen and oxygen atoms in total. The number of ether oxygens (including phenoxy) is 1. The number of nitrogens with one attached hydrogen (secondary N) is 1. The Morgan fingerprint density at radius 2 is 1.85 bits per heavy atom. The molecule has 4 rings (SSSR count). The molecule has 3 aliphatic rings. The van der Waals surface area contributed by atoms with Gasteiger partial charge in [-0.05, 0) is 81.4 Å². The summed E-state index contributed by atoms with van der Waals surface area (Å²) in [5.74, 6) is -0.248. The maximum absolute atomic E-state index is 11.7. The van der Waals surface area contributed by atoms with Crippen molar-refractivity contribution in [3.05, 3.63) is 34.4 Å². The second kappa shape index (κ2) is 9.10. The van der Waals surface area contributed by atoms with E-state index < -0.39 is 6.10 Å². The number of piperidine rings is 2. The molecule has 152 valence electrons. The van der Waals surface area contributed by atoms with Crippen LogP contribution in [0.1, 0.15) is 58.8 Å². The van der Waals surface area contributed by atoms with Crippen molar-refractivity contribution in [3.63, 3.8) is 0 Å². The van der Waals surface area contributed by atoms with Crippen LogP contribution in [0.15, 0.2) is 12.1 Å². The number of nitrogens with zero attached hydrogens (tertiary/aromatic N) is 1. The zero-order valence-corrected chi connectivity index (χ0v) is 17.5. The van der Waals surface area contributed by atoms with Crippen LogP contribution in [0.4, 0.5) is 0 Å². The quantitative estimate of drug-likeness (QED) is 0.741. The van der Waals surface area contributed by atoms with Crippen molar-refractivity contribution in [3.8, 4) is 0 Å². The van der Waals surface area contributed by atoms with Gasteiger partial charge in [0.15, 0.2) is 0 Å². The summed E-state index contributed by atoms with van der Waals surface area (Å²) in [4.78, 5) is 14.1. The molecule has 2 N–H and O–H groups in total. The number of fused-ring (bicyclic) bond motifs is 1. The molecule has 1 spiro atoms. The van der Waals surface area contributed by atoms with Gasteiger partial charge in [-0.2, -0.15) is 0 Å². The van der Waals surface area contributed by atoms with Gasteiger partial charge in [0.05, 0.1) is 11.7 Å². The highest BCUT2D eigenvalue weighted by molar-refractivity contribution is 5.93. The molecule has 0 amide bonds. The number of carbonyl (C=O) groups excluding carboxylic acids is 1. The summed E-state index contributed by atoms with van der Waals surface area (Å²) in [5.41, 5.74) is 4.06. The lowest BCUT2D eigenvalue weighted by molar-refractivity contribution is 0.0415. The van der Waals surface area contributed by atoms with Crippen LogP contribution in [0.5, 0.6) is 0 Å². The number of hydrogen-bond acceptors (Lipinski definition) is 5. The number of aliphatic hydroxyl groups excluding tert-OH is 1. The van der Waals surface area contributed by atoms with Gasteiger partial charge < -0.3 is 20.1 Å². The minimum absolute atomic E-state index is 0. The van der Waals surface area contributed by atoms with Crippen LogP contribution in [0, 0.1) is 12.3 Å². The highest BCUT2D eigenvalue weighted by Crippen LogP contribution is 2.40. The minimum Gasteiger partial charge on any atom is -0.457 e. The monoisotopic (exact) mass is 416 g/mol.